The fourth-order valence-electron chi connectivity index (χ4n) is 6.73. The van der Waals surface area contributed by atoms with Crippen LogP contribution >= 0.6 is 20.6 Å². The highest BCUT2D eigenvalue weighted by Crippen LogP contribution is 2.44. The molecular formula is C44H69FN5O2PS. The van der Waals surface area contributed by atoms with Crippen LogP contribution in [0.3, 0.4) is 0 Å². The Hall–Kier alpha value is -2.89. The molecule has 1 aromatic carbocycles. The van der Waals surface area contributed by atoms with Crippen LogP contribution in [-0.2, 0) is 18.0 Å². The van der Waals surface area contributed by atoms with Crippen molar-refractivity contribution in [2.75, 3.05) is 23.7 Å². The van der Waals surface area contributed by atoms with Gasteiger partial charge in [0.2, 0.25) is 5.95 Å². The molecule has 0 bridgehead atoms. The Morgan fingerprint density at radius 3 is 2.30 bits per heavy atom. The number of aliphatic hydroxyl groups excluding tert-OH is 1. The third-order valence-corrected chi connectivity index (χ3v) is 12.0. The van der Waals surface area contributed by atoms with E-state index in [2.05, 4.69) is 75.3 Å². The van der Waals surface area contributed by atoms with Gasteiger partial charge in [0, 0.05) is 41.5 Å². The Kier molecular flexibility index (Phi) is 20.3. The maximum atomic E-state index is 14.8. The molecule has 2 aliphatic rings. The summed E-state index contributed by atoms with van der Waals surface area (Å²) >= 11 is 1.04. The summed E-state index contributed by atoms with van der Waals surface area (Å²) in [6.45, 7) is 29.9. The fraction of sp³-hybridized carbons (Fsp3) is 0.614. The van der Waals surface area contributed by atoms with Gasteiger partial charge in [0.15, 0.2) is 0 Å². The molecule has 7 nitrogen and oxygen atoms in total. The molecule has 3 N–H and O–H groups in total. The number of anilines is 2. The van der Waals surface area contributed by atoms with Gasteiger partial charge >= 0.3 is 0 Å². The fourth-order valence-corrected chi connectivity index (χ4v) is 8.31. The normalized spacial score (nSPS) is 17.4. The van der Waals surface area contributed by atoms with Crippen molar-refractivity contribution in [3.8, 4) is 6.07 Å². The number of rotatable bonds is 12. The van der Waals surface area contributed by atoms with Gasteiger partial charge < -0.3 is 20.5 Å². The van der Waals surface area contributed by atoms with Crippen molar-refractivity contribution in [2.45, 2.75) is 140 Å². The zero-order valence-electron chi connectivity index (χ0n) is 35.1. The standard InChI is InChI=1S/C25H25FN5O2PS.C13H28.C4H10.C2H6/c1-4-17(26)23-20(13(5-27)24(28)35-23)12(3)19-16-10-33-9-15(16)14-6-29-25(30-21(14)22(19)34)31-7-11(2)18(32)8-31;1-6-12(5)8-9-13(7-2)10-11(3)4;1-3-4-2;1-2/h4,6,11,18,32H,3,7-10,28,34H2,1-2H3;11-13H,6-10H2,1-5H3;3-4H2,1-2H3;1-2H3/b17-4+;;;. The molecule has 54 heavy (non-hydrogen) atoms. The second kappa shape index (κ2) is 23.2. The van der Waals surface area contributed by atoms with Crippen LogP contribution in [0.1, 0.15) is 154 Å². The van der Waals surface area contributed by atoms with Crippen LogP contribution in [0.25, 0.3) is 22.3 Å². The minimum atomic E-state index is -0.454. The summed E-state index contributed by atoms with van der Waals surface area (Å²) in [4.78, 5) is 11.7. The number of aromatic nitrogens is 2. The summed E-state index contributed by atoms with van der Waals surface area (Å²) in [5, 5.41) is 21.9. The Labute approximate surface area is 332 Å². The second-order valence-electron chi connectivity index (χ2n) is 14.9. The largest absolute Gasteiger partial charge is 0.391 e. The summed E-state index contributed by atoms with van der Waals surface area (Å²) in [7, 11) is 2.75. The van der Waals surface area contributed by atoms with Gasteiger partial charge in [-0.1, -0.05) is 120 Å². The number of ether oxygens (including phenoxy) is 1. The van der Waals surface area contributed by atoms with E-state index in [0.29, 0.717) is 48.9 Å². The highest BCUT2D eigenvalue weighted by molar-refractivity contribution is 7.28. The van der Waals surface area contributed by atoms with Crippen molar-refractivity contribution < 1.29 is 14.2 Å². The maximum absolute atomic E-state index is 14.8. The average Bonchev–Trinajstić information content (AvgIpc) is 3.90. The molecule has 0 saturated carbocycles. The van der Waals surface area contributed by atoms with Crippen LogP contribution in [0.4, 0.5) is 15.3 Å². The van der Waals surface area contributed by atoms with E-state index in [1.54, 1.807) is 13.1 Å². The number of halogens is 1. The van der Waals surface area contributed by atoms with Gasteiger partial charge in [0.1, 0.15) is 16.9 Å². The molecule has 4 heterocycles. The molecule has 2 aliphatic heterocycles. The number of unbranched alkanes of at least 4 members (excludes halogenated alkanes) is 1. The number of β-amino-alcohol motifs (C(OH)–C–C–N with tert-alkyl or cyclic N) is 1. The monoisotopic (exact) mass is 781 g/mol. The molecule has 1 fully saturated rings. The van der Waals surface area contributed by atoms with Crippen LogP contribution in [0.5, 0.6) is 0 Å². The quantitative estimate of drug-likeness (QED) is 0.176. The number of benzene rings is 1. The molecule has 0 radical (unpaired) electrons. The first kappa shape index (κ1) is 47.3. The highest BCUT2D eigenvalue weighted by Gasteiger charge is 2.32. The molecular weight excluding hydrogens is 713 g/mol. The second-order valence-corrected chi connectivity index (χ2v) is 16.5. The zero-order chi connectivity index (χ0) is 40.7. The summed E-state index contributed by atoms with van der Waals surface area (Å²) in [5.41, 5.74) is 10.6. The van der Waals surface area contributed by atoms with Crippen molar-refractivity contribution in [1.29, 1.82) is 5.26 Å². The number of nitrogens with zero attached hydrogens (tertiary/aromatic N) is 4. The van der Waals surface area contributed by atoms with E-state index < -0.39 is 11.9 Å². The number of nitriles is 1. The molecule has 0 aliphatic carbocycles. The smallest absolute Gasteiger partial charge is 0.225 e. The van der Waals surface area contributed by atoms with E-state index >= 15 is 0 Å². The summed E-state index contributed by atoms with van der Waals surface area (Å²) in [6, 6.07) is 2.13. The van der Waals surface area contributed by atoms with Crippen LogP contribution in [0.2, 0.25) is 0 Å². The van der Waals surface area contributed by atoms with Crippen molar-refractivity contribution in [3.05, 3.63) is 51.5 Å². The third kappa shape index (κ3) is 11.8. The molecule has 10 heteroatoms. The van der Waals surface area contributed by atoms with Crippen LogP contribution < -0.4 is 15.9 Å². The van der Waals surface area contributed by atoms with Gasteiger partial charge in [-0.05, 0) is 53.4 Å². The molecule has 300 valence electrons. The number of nitrogens with two attached hydrogens (primary N) is 1. The van der Waals surface area contributed by atoms with Gasteiger partial charge in [-0.2, -0.15) is 5.26 Å². The molecule has 1 saturated heterocycles. The third-order valence-electron chi connectivity index (χ3n) is 10.4. The number of hydrogen-bond donors (Lipinski definition) is 2. The lowest BCUT2D eigenvalue weighted by Crippen LogP contribution is -2.24. The molecule has 3 aromatic rings. The topological polar surface area (TPSA) is 108 Å². The van der Waals surface area contributed by atoms with Crippen molar-refractivity contribution in [2.24, 2.45) is 23.7 Å². The first-order chi connectivity index (χ1) is 25.8. The maximum Gasteiger partial charge on any atom is 0.225 e. The lowest BCUT2D eigenvalue weighted by molar-refractivity contribution is 0.135. The molecule has 5 atom stereocenters. The predicted octanol–water partition coefficient (Wildman–Crippen LogP) is 11.6. The van der Waals surface area contributed by atoms with Crippen LogP contribution in [-0.4, -0.2) is 34.3 Å². The lowest BCUT2D eigenvalue weighted by Gasteiger charge is -2.20. The van der Waals surface area contributed by atoms with E-state index in [-0.39, 0.29) is 21.4 Å². The summed E-state index contributed by atoms with van der Waals surface area (Å²) in [5.74, 6) is 3.00. The number of allylic oxidation sites excluding steroid dienone is 1. The van der Waals surface area contributed by atoms with E-state index in [4.69, 9.17) is 15.5 Å². The number of fused-ring (bicyclic) bond motifs is 3. The minimum absolute atomic E-state index is 0.127. The van der Waals surface area contributed by atoms with E-state index in [1.165, 1.54) is 51.0 Å². The SMILES string of the molecule is C=C(c1c(/C(F)=C\C)sc(N)c1C#N)c1c2c(c3cnc(N4CC(C)C(O)C4)nc3c1P)COC2.CC.CCC(C)CCC(CC)CC(C)C.CCCC. The minimum Gasteiger partial charge on any atom is -0.391 e. The number of thiophene rings is 1. The van der Waals surface area contributed by atoms with Gasteiger partial charge in [0.05, 0.1) is 35.3 Å². The molecule has 0 spiro atoms. The molecule has 0 amide bonds. The predicted molar refractivity (Wildman–Crippen MR) is 235 cm³/mol. The van der Waals surface area contributed by atoms with E-state index in [0.717, 1.165) is 56.5 Å². The van der Waals surface area contributed by atoms with E-state index in [9.17, 15) is 14.8 Å². The van der Waals surface area contributed by atoms with Gasteiger partial charge in [-0.15, -0.1) is 20.6 Å². The van der Waals surface area contributed by atoms with Gasteiger partial charge in [0.25, 0.3) is 0 Å². The molecule has 2 aromatic heterocycles. The zero-order valence-corrected chi connectivity index (χ0v) is 37.1. The summed E-state index contributed by atoms with van der Waals surface area (Å²) < 4.78 is 20.6. The summed E-state index contributed by atoms with van der Waals surface area (Å²) in [6.07, 6.45) is 12.4. The Morgan fingerprint density at radius 1 is 1.13 bits per heavy atom. The lowest BCUT2D eigenvalue weighted by atomic mass is 9.88. The van der Waals surface area contributed by atoms with Crippen LogP contribution in [0.15, 0.2) is 18.9 Å². The molecule has 5 unspecified atom stereocenters. The van der Waals surface area contributed by atoms with Gasteiger partial charge in [-0.3, -0.25) is 0 Å². The highest BCUT2D eigenvalue weighted by atomic mass is 32.1. The first-order valence-corrected chi connectivity index (χ1v) is 21.6. The first-order valence-electron chi connectivity index (χ1n) is 20.2. The Balaban J connectivity index is 0.000000444. The van der Waals surface area contributed by atoms with Crippen molar-refractivity contribution in [1.82, 2.24) is 9.97 Å². The number of hydrogen-bond acceptors (Lipinski definition) is 8. The Morgan fingerprint density at radius 2 is 1.78 bits per heavy atom. The van der Waals surface area contributed by atoms with Crippen molar-refractivity contribution in [3.63, 3.8) is 0 Å². The van der Waals surface area contributed by atoms with Crippen molar-refractivity contribution >= 4 is 59.1 Å². The van der Waals surface area contributed by atoms with Gasteiger partial charge in [-0.25, -0.2) is 14.4 Å². The van der Waals surface area contributed by atoms with Crippen LogP contribution in [0, 0.1) is 35.0 Å². The number of aliphatic hydroxyl groups is 1. The number of nitrogen functional groups attached to an aromatic ring is 1. The average molecular weight is 782 g/mol. The molecule has 5 rings (SSSR count). The van der Waals surface area contributed by atoms with E-state index in [1.807, 2.05) is 25.7 Å². The Bertz CT molecular complexity index is 1720.